The van der Waals surface area contributed by atoms with Crippen molar-refractivity contribution in [2.75, 3.05) is 36.6 Å². The summed E-state index contributed by atoms with van der Waals surface area (Å²) in [6, 6.07) is 11.7. The van der Waals surface area contributed by atoms with Crippen molar-refractivity contribution >= 4 is 35.0 Å². The van der Waals surface area contributed by atoms with E-state index in [9.17, 15) is 19.5 Å². The first kappa shape index (κ1) is 24.2. The number of amidine groups is 1. The van der Waals surface area contributed by atoms with Crippen molar-refractivity contribution in [2.24, 2.45) is 10.7 Å². The molecule has 2 aromatic rings. The first-order chi connectivity index (χ1) is 16.9. The maximum atomic E-state index is 13.1. The fraction of sp³-hybridized carbons (Fsp3) is 0.333. The van der Waals surface area contributed by atoms with Crippen LogP contribution < -0.4 is 20.7 Å². The lowest BCUT2D eigenvalue weighted by atomic mass is 10.1. The highest BCUT2D eigenvalue weighted by atomic mass is 16.6. The number of anilines is 2. The van der Waals surface area contributed by atoms with Gasteiger partial charge in [-0.3, -0.25) is 14.6 Å². The highest BCUT2D eigenvalue weighted by Gasteiger charge is 2.39. The number of hydrogen-bond acceptors (Lipinski definition) is 9. The minimum atomic E-state index is -1.73. The van der Waals surface area contributed by atoms with Gasteiger partial charge in [0, 0.05) is 29.5 Å². The van der Waals surface area contributed by atoms with Gasteiger partial charge in [0.15, 0.2) is 18.8 Å². The molecule has 2 amide bonds. The van der Waals surface area contributed by atoms with Crippen LogP contribution in [0.2, 0.25) is 0 Å². The smallest absolute Gasteiger partial charge is 0.344 e. The number of aliphatic hydroxyl groups is 1. The number of nitrogens with zero attached hydrogens (tertiary/aromatic N) is 2. The Hall–Kier alpha value is -3.96. The highest BCUT2D eigenvalue weighted by molar-refractivity contribution is 6.05. The van der Waals surface area contributed by atoms with Crippen LogP contribution in [0, 0.1) is 0 Å². The lowest BCUT2D eigenvalue weighted by Gasteiger charge is -2.34. The quantitative estimate of drug-likeness (QED) is 0.462. The number of aliphatic hydroxyl groups excluding tert-OH is 1. The van der Waals surface area contributed by atoms with Gasteiger partial charge in [0.2, 0.25) is 0 Å². The number of carbonyl (C=O) groups excluding carboxylic acids is 3. The first-order valence-electron chi connectivity index (χ1n) is 11.1. The lowest BCUT2D eigenvalue weighted by molar-refractivity contribution is -0.150. The third kappa shape index (κ3) is 5.42. The Kier molecular flexibility index (Phi) is 7.28. The van der Waals surface area contributed by atoms with E-state index in [1.807, 2.05) is 0 Å². The molecule has 0 radical (unpaired) electrons. The molecule has 0 bridgehead atoms. The summed E-state index contributed by atoms with van der Waals surface area (Å²) in [6.07, 6.45) is -3.12. The number of nitrogens with one attached hydrogen (secondary N) is 1. The van der Waals surface area contributed by atoms with Crippen molar-refractivity contribution in [3.63, 3.8) is 0 Å². The van der Waals surface area contributed by atoms with Gasteiger partial charge in [-0.1, -0.05) is 6.07 Å². The molecule has 0 aromatic heterocycles. The van der Waals surface area contributed by atoms with Gasteiger partial charge in [0.1, 0.15) is 11.6 Å². The summed E-state index contributed by atoms with van der Waals surface area (Å²) in [5, 5.41) is 13.2. The molecule has 1 saturated heterocycles. The number of morpholine rings is 1. The van der Waals surface area contributed by atoms with Crippen LogP contribution in [0.15, 0.2) is 47.5 Å². The zero-order chi connectivity index (χ0) is 24.9. The average molecular weight is 482 g/mol. The van der Waals surface area contributed by atoms with E-state index in [0.29, 0.717) is 29.5 Å². The van der Waals surface area contributed by atoms with Crippen LogP contribution in [0.3, 0.4) is 0 Å². The molecule has 2 aliphatic rings. The molecular weight excluding hydrogens is 456 g/mol. The van der Waals surface area contributed by atoms with Crippen LogP contribution in [0.4, 0.5) is 11.4 Å². The van der Waals surface area contributed by atoms with Gasteiger partial charge >= 0.3 is 5.97 Å². The fourth-order valence-corrected chi connectivity index (χ4v) is 3.84. The predicted octanol–water partition coefficient (Wildman–Crippen LogP) is 0.579. The second-order valence-corrected chi connectivity index (χ2v) is 7.88. The van der Waals surface area contributed by atoms with Gasteiger partial charge < -0.3 is 35.3 Å². The SMILES string of the molecule is CCOC(=O)COc1cccc(N2CCO[C@H]([C@@H](O)C(=O)Nc3ccc4c(c3)CN=C4N)C2=O)c1. The van der Waals surface area contributed by atoms with Gasteiger partial charge in [0.25, 0.3) is 11.8 Å². The Labute approximate surface area is 201 Å². The number of amides is 2. The largest absolute Gasteiger partial charge is 0.482 e. The van der Waals surface area contributed by atoms with Crippen LogP contribution in [-0.2, 0) is 30.4 Å². The first-order valence-corrected chi connectivity index (χ1v) is 11.1. The predicted molar refractivity (Wildman–Crippen MR) is 126 cm³/mol. The maximum absolute atomic E-state index is 13.1. The minimum absolute atomic E-state index is 0.115. The molecule has 0 saturated carbocycles. The minimum Gasteiger partial charge on any atom is -0.482 e. The molecule has 2 atom stereocenters. The summed E-state index contributed by atoms with van der Waals surface area (Å²) in [6.45, 7) is 2.43. The van der Waals surface area contributed by atoms with Crippen LogP contribution >= 0.6 is 0 Å². The van der Waals surface area contributed by atoms with E-state index >= 15 is 0 Å². The van der Waals surface area contributed by atoms with Gasteiger partial charge in [-0.2, -0.15) is 0 Å². The Bertz CT molecular complexity index is 1170. The van der Waals surface area contributed by atoms with Crippen molar-refractivity contribution in [3.8, 4) is 5.75 Å². The molecule has 11 nitrogen and oxygen atoms in total. The maximum Gasteiger partial charge on any atom is 0.344 e. The highest BCUT2D eigenvalue weighted by Crippen LogP contribution is 2.26. The monoisotopic (exact) mass is 482 g/mol. The average Bonchev–Trinajstić information content (AvgIpc) is 3.22. The van der Waals surface area contributed by atoms with Crippen molar-refractivity contribution in [2.45, 2.75) is 25.7 Å². The van der Waals surface area contributed by atoms with E-state index < -0.39 is 30.0 Å². The molecule has 11 heteroatoms. The molecule has 4 N–H and O–H groups in total. The Balaban J connectivity index is 1.41. The summed E-state index contributed by atoms with van der Waals surface area (Å²) >= 11 is 0. The van der Waals surface area contributed by atoms with Crippen LogP contribution in [0.1, 0.15) is 18.1 Å². The molecular formula is C24H26N4O7. The molecule has 0 unspecified atom stereocenters. The van der Waals surface area contributed by atoms with Crippen molar-refractivity contribution in [3.05, 3.63) is 53.6 Å². The Morgan fingerprint density at radius 2 is 2.14 bits per heavy atom. The summed E-state index contributed by atoms with van der Waals surface area (Å²) in [5.41, 5.74) is 8.40. The lowest BCUT2D eigenvalue weighted by Crippen LogP contribution is -2.55. The van der Waals surface area contributed by atoms with Crippen LogP contribution in [0.5, 0.6) is 5.75 Å². The molecule has 2 aromatic carbocycles. The number of ether oxygens (including phenoxy) is 3. The molecule has 2 heterocycles. The van der Waals surface area contributed by atoms with Crippen molar-refractivity contribution in [1.29, 1.82) is 0 Å². The Morgan fingerprint density at radius 3 is 2.94 bits per heavy atom. The topological polar surface area (TPSA) is 153 Å². The molecule has 0 spiro atoms. The number of nitrogens with two attached hydrogens (primary N) is 1. The number of fused-ring (bicyclic) bond motifs is 1. The second-order valence-electron chi connectivity index (χ2n) is 7.88. The van der Waals surface area contributed by atoms with E-state index in [2.05, 4.69) is 10.3 Å². The summed E-state index contributed by atoms with van der Waals surface area (Å²) in [7, 11) is 0. The molecule has 4 rings (SSSR count). The number of aliphatic imine (C=N–C) groups is 1. The van der Waals surface area contributed by atoms with Gasteiger partial charge in [-0.15, -0.1) is 0 Å². The van der Waals surface area contributed by atoms with Gasteiger partial charge in [-0.05, 0) is 42.8 Å². The van der Waals surface area contributed by atoms with E-state index in [4.69, 9.17) is 19.9 Å². The van der Waals surface area contributed by atoms with Crippen molar-refractivity contribution in [1.82, 2.24) is 0 Å². The van der Waals surface area contributed by atoms with Crippen molar-refractivity contribution < 1.29 is 33.7 Å². The normalized spacial score (nSPS) is 17.9. The van der Waals surface area contributed by atoms with E-state index in [0.717, 1.165) is 11.1 Å². The molecule has 184 valence electrons. The summed E-state index contributed by atoms with van der Waals surface area (Å²) in [5.74, 6) is -1.05. The number of esters is 1. The van der Waals surface area contributed by atoms with Crippen LogP contribution in [0.25, 0.3) is 0 Å². The molecule has 1 fully saturated rings. The fourth-order valence-electron chi connectivity index (χ4n) is 3.84. The molecule has 35 heavy (non-hydrogen) atoms. The van der Waals surface area contributed by atoms with E-state index in [1.165, 1.54) is 4.90 Å². The molecule has 0 aliphatic carbocycles. The third-order valence-electron chi connectivity index (χ3n) is 5.54. The standard InChI is InChI=1S/C24H26N4O7/c1-2-33-19(29)13-35-17-5-3-4-16(11-17)28-8-9-34-21(24(28)32)20(30)23(31)27-15-6-7-18-14(10-15)12-26-22(18)25/h3-7,10-11,20-21,30H,2,8-9,12-13H2,1H3,(H2,25,26)(H,27,31)/t20-,21-/m1/s1. The van der Waals surface area contributed by atoms with E-state index in [-0.39, 0.29) is 26.4 Å². The summed E-state index contributed by atoms with van der Waals surface area (Å²) < 4.78 is 15.7. The third-order valence-corrected chi connectivity index (χ3v) is 5.54. The molecule has 2 aliphatic heterocycles. The zero-order valence-electron chi connectivity index (χ0n) is 19.1. The Morgan fingerprint density at radius 1 is 1.31 bits per heavy atom. The number of carbonyl (C=O) groups is 3. The van der Waals surface area contributed by atoms with Gasteiger partial charge in [-0.25, -0.2) is 4.79 Å². The second kappa shape index (κ2) is 10.5. The number of hydrogen-bond donors (Lipinski definition) is 3. The number of rotatable bonds is 8. The van der Waals surface area contributed by atoms with Gasteiger partial charge in [0.05, 0.1) is 19.8 Å². The van der Waals surface area contributed by atoms with Crippen LogP contribution in [-0.4, -0.2) is 67.3 Å². The zero-order valence-corrected chi connectivity index (χ0v) is 19.1. The van der Waals surface area contributed by atoms with E-state index in [1.54, 1.807) is 49.4 Å². The number of benzene rings is 2. The summed E-state index contributed by atoms with van der Waals surface area (Å²) in [4.78, 5) is 42.9.